The highest BCUT2D eigenvalue weighted by atomic mass is 32.2. The maximum Gasteiger partial charge on any atom is 0.417 e. The van der Waals surface area contributed by atoms with Crippen LogP contribution in [0, 0.1) is 0 Å². The molecule has 1 aliphatic heterocycles. The first-order valence-corrected chi connectivity index (χ1v) is 12.2. The SMILES string of the molecule is COCC1CCCN1c1cc(-c2ccc(Sc3ccccc3C(C)C)c(C(F)(F)F)c2)ncn1. The smallest absolute Gasteiger partial charge is 0.383 e. The van der Waals surface area contributed by atoms with E-state index >= 15 is 0 Å². The van der Waals surface area contributed by atoms with Crippen LogP contribution in [-0.2, 0) is 10.9 Å². The minimum Gasteiger partial charge on any atom is -0.383 e. The zero-order chi connectivity index (χ0) is 24.3. The summed E-state index contributed by atoms with van der Waals surface area (Å²) in [5.41, 5.74) is 1.26. The largest absolute Gasteiger partial charge is 0.417 e. The molecule has 0 N–H and O–H groups in total. The van der Waals surface area contributed by atoms with Crippen molar-refractivity contribution < 1.29 is 17.9 Å². The number of hydrogen-bond donors (Lipinski definition) is 0. The lowest BCUT2D eigenvalue weighted by Crippen LogP contribution is -2.33. The average molecular weight is 488 g/mol. The van der Waals surface area contributed by atoms with Crippen molar-refractivity contribution in [1.82, 2.24) is 9.97 Å². The van der Waals surface area contributed by atoms with Gasteiger partial charge in [0.05, 0.1) is 23.9 Å². The highest BCUT2D eigenvalue weighted by Crippen LogP contribution is 2.43. The van der Waals surface area contributed by atoms with Crippen molar-refractivity contribution in [3.63, 3.8) is 0 Å². The summed E-state index contributed by atoms with van der Waals surface area (Å²) in [6.07, 6.45) is -1.05. The van der Waals surface area contributed by atoms with Crippen LogP contribution in [0.2, 0.25) is 0 Å². The maximum atomic E-state index is 14.1. The lowest BCUT2D eigenvalue weighted by molar-refractivity contribution is -0.139. The fraction of sp³-hybridized carbons (Fsp3) is 0.385. The number of halogens is 3. The normalized spacial score (nSPS) is 16.4. The molecule has 0 amide bonds. The number of benzene rings is 2. The maximum absolute atomic E-state index is 14.1. The van der Waals surface area contributed by atoms with Crippen LogP contribution in [0.5, 0.6) is 0 Å². The monoisotopic (exact) mass is 487 g/mol. The molecular weight excluding hydrogens is 459 g/mol. The Hall–Kier alpha value is -2.58. The quantitative estimate of drug-likeness (QED) is 0.357. The summed E-state index contributed by atoms with van der Waals surface area (Å²) in [6.45, 7) is 5.50. The van der Waals surface area contributed by atoms with E-state index in [1.165, 1.54) is 12.4 Å². The molecule has 180 valence electrons. The van der Waals surface area contributed by atoms with Gasteiger partial charge in [-0.05, 0) is 42.5 Å². The lowest BCUT2D eigenvalue weighted by Gasteiger charge is -2.25. The second kappa shape index (κ2) is 10.4. The van der Waals surface area contributed by atoms with Crippen molar-refractivity contribution in [2.45, 2.75) is 54.6 Å². The minimum atomic E-state index is -4.49. The number of anilines is 1. The van der Waals surface area contributed by atoms with Gasteiger partial charge in [-0.1, -0.05) is 49.9 Å². The fourth-order valence-electron chi connectivity index (χ4n) is 4.33. The predicted octanol–water partition coefficient (Wildman–Crippen LogP) is 7.05. The van der Waals surface area contributed by atoms with E-state index in [1.807, 2.05) is 38.1 Å². The van der Waals surface area contributed by atoms with E-state index in [9.17, 15) is 13.2 Å². The molecule has 0 spiro atoms. The van der Waals surface area contributed by atoms with Crippen LogP contribution >= 0.6 is 11.8 Å². The van der Waals surface area contributed by atoms with Gasteiger partial charge in [0.2, 0.25) is 0 Å². The van der Waals surface area contributed by atoms with Crippen molar-refractivity contribution in [3.8, 4) is 11.3 Å². The molecule has 2 heterocycles. The zero-order valence-electron chi connectivity index (χ0n) is 19.5. The van der Waals surface area contributed by atoms with E-state index in [1.54, 1.807) is 25.3 Å². The molecule has 1 fully saturated rings. The van der Waals surface area contributed by atoms with Gasteiger partial charge < -0.3 is 9.64 Å². The molecule has 0 saturated carbocycles. The molecule has 3 aromatic rings. The number of rotatable bonds is 7. The fourth-order valence-corrected chi connectivity index (χ4v) is 5.56. The molecule has 0 bridgehead atoms. The molecule has 2 aromatic carbocycles. The number of nitrogens with zero attached hydrogens (tertiary/aromatic N) is 3. The van der Waals surface area contributed by atoms with Crippen molar-refractivity contribution in [2.24, 2.45) is 0 Å². The molecule has 0 radical (unpaired) electrons. The Bertz CT molecular complexity index is 1140. The Kier molecular flexibility index (Phi) is 7.48. The van der Waals surface area contributed by atoms with E-state index in [-0.39, 0.29) is 16.9 Å². The predicted molar refractivity (Wildman–Crippen MR) is 129 cm³/mol. The minimum absolute atomic E-state index is 0.179. The Morgan fingerprint density at radius 3 is 2.62 bits per heavy atom. The first kappa shape index (κ1) is 24.5. The summed E-state index contributed by atoms with van der Waals surface area (Å²) in [6, 6.07) is 14.0. The summed E-state index contributed by atoms with van der Waals surface area (Å²) in [5, 5.41) is 0. The van der Waals surface area contributed by atoms with Crippen molar-refractivity contribution in [3.05, 3.63) is 66.0 Å². The molecule has 1 aliphatic rings. The molecule has 4 nitrogen and oxygen atoms in total. The average Bonchev–Trinajstić information content (AvgIpc) is 3.27. The van der Waals surface area contributed by atoms with Gasteiger partial charge in [-0.3, -0.25) is 0 Å². The number of alkyl halides is 3. The van der Waals surface area contributed by atoms with Gasteiger partial charge in [0.1, 0.15) is 12.1 Å². The lowest BCUT2D eigenvalue weighted by atomic mass is 10.0. The third kappa shape index (κ3) is 5.39. The third-order valence-electron chi connectivity index (χ3n) is 6.02. The summed E-state index contributed by atoms with van der Waals surface area (Å²) >= 11 is 1.15. The second-order valence-corrected chi connectivity index (χ2v) is 9.79. The number of aromatic nitrogens is 2. The Morgan fingerprint density at radius 2 is 1.88 bits per heavy atom. The van der Waals surface area contributed by atoms with Gasteiger partial charge in [-0.25, -0.2) is 9.97 Å². The van der Waals surface area contributed by atoms with Gasteiger partial charge in [-0.2, -0.15) is 13.2 Å². The highest BCUT2D eigenvalue weighted by molar-refractivity contribution is 7.99. The molecule has 1 aromatic heterocycles. The van der Waals surface area contributed by atoms with Crippen molar-refractivity contribution in [2.75, 3.05) is 25.2 Å². The molecule has 34 heavy (non-hydrogen) atoms. The van der Waals surface area contributed by atoms with Crippen LogP contribution in [0.1, 0.15) is 43.7 Å². The first-order chi connectivity index (χ1) is 16.3. The van der Waals surface area contributed by atoms with Crippen LogP contribution < -0.4 is 4.90 Å². The highest BCUT2D eigenvalue weighted by Gasteiger charge is 2.34. The number of methoxy groups -OCH3 is 1. The van der Waals surface area contributed by atoms with Gasteiger partial charge in [0, 0.05) is 35.1 Å². The summed E-state index contributed by atoms with van der Waals surface area (Å²) in [7, 11) is 1.67. The van der Waals surface area contributed by atoms with E-state index in [0.29, 0.717) is 23.7 Å². The topological polar surface area (TPSA) is 38.2 Å². The molecule has 1 unspecified atom stereocenters. The van der Waals surface area contributed by atoms with Crippen LogP contribution in [0.4, 0.5) is 19.0 Å². The van der Waals surface area contributed by atoms with Gasteiger partial charge in [-0.15, -0.1) is 0 Å². The summed E-state index contributed by atoms with van der Waals surface area (Å²) < 4.78 is 47.6. The Morgan fingerprint density at radius 1 is 1.09 bits per heavy atom. The van der Waals surface area contributed by atoms with E-state index < -0.39 is 11.7 Å². The standard InChI is InChI=1S/C26H28F3N3OS/c1-17(2)20-8-4-5-9-23(20)34-24-11-10-18(13-21(24)26(27,28)29)22-14-25(31-16-30-22)32-12-6-7-19(32)15-33-3/h4-5,8-11,13-14,16-17,19H,6-7,12,15H2,1-3H3. The van der Waals surface area contributed by atoms with Gasteiger partial charge >= 0.3 is 6.18 Å². The zero-order valence-corrected chi connectivity index (χ0v) is 20.3. The van der Waals surface area contributed by atoms with Gasteiger partial charge in [0.25, 0.3) is 0 Å². The third-order valence-corrected chi connectivity index (χ3v) is 7.19. The summed E-state index contributed by atoms with van der Waals surface area (Å²) in [5.74, 6) is 0.923. The van der Waals surface area contributed by atoms with Crippen molar-refractivity contribution >= 4 is 17.6 Å². The molecule has 4 rings (SSSR count). The molecule has 8 heteroatoms. The number of hydrogen-bond acceptors (Lipinski definition) is 5. The van der Waals surface area contributed by atoms with Crippen LogP contribution in [-0.4, -0.2) is 36.3 Å². The molecule has 1 saturated heterocycles. The van der Waals surface area contributed by atoms with E-state index in [4.69, 9.17) is 4.74 Å². The summed E-state index contributed by atoms with van der Waals surface area (Å²) in [4.78, 5) is 11.8. The first-order valence-electron chi connectivity index (χ1n) is 11.3. The van der Waals surface area contributed by atoms with E-state index in [2.05, 4.69) is 14.9 Å². The molecule has 1 atom stereocenters. The number of ether oxygens (including phenoxy) is 1. The van der Waals surface area contributed by atoms with E-state index in [0.717, 1.165) is 41.6 Å². The van der Waals surface area contributed by atoms with Gasteiger partial charge in [0.15, 0.2) is 0 Å². The van der Waals surface area contributed by atoms with Crippen molar-refractivity contribution in [1.29, 1.82) is 0 Å². The van der Waals surface area contributed by atoms with Crippen LogP contribution in [0.25, 0.3) is 11.3 Å². The Labute approximate surface area is 202 Å². The van der Waals surface area contributed by atoms with Crippen LogP contribution in [0.15, 0.2) is 64.6 Å². The van der Waals surface area contributed by atoms with Crippen LogP contribution in [0.3, 0.4) is 0 Å². The second-order valence-electron chi connectivity index (χ2n) is 8.71. The Balaban J connectivity index is 1.69. The molecule has 0 aliphatic carbocycles. The molecular formula is C26H28F3N3OS.